The molecule has 2 aromatic carbocycles. The second-order valence-corrected chi connectivity index (χ2v) is 7.07. The summed E-state index contributed by atoms with van der Waals surface area (Å²) in [5, 5.41) is 6.84. The van der Waals surface area contributed by atoms with Crippen LogP contribution in [0.15, 0.2) is 59.7 Å². The molecule has 160 valence electrons. The van der Waals surface area contributed by atoms with Gasteiger partial charge < -0.3 is 14.6 Å². The fourth-order valence-electron chi connectivity index (χ4n) is 3.30. The molecule has 3 aromatic rings. The number of carbonyl (C=O) groups is 2. The minimum Gasteiger partial charge on any atom is -0.462 e. The molecule has 2 N–H and O–H groups in total. The third-order valence-electron chi connectivity index (χ3n) is 4.87. The summed E-state index contributed by atoms with van der Waals surface area (Å²) < 4.78 is 7.09. The van der Waals surface area contributed by atoms with Crippen LogP contribution >= 0.6 is 0 Å². The summed E-state index contributed by atoms with van der Waals surface area (Å²) in [6, 6.07) is 16.4. The highest BCUT2D eigenvalue weighted by molar-refractivity contribution is 5.91. The lowest BCUT2D eigenvalue weighted by molar-refractivity contribution is 0.0526. The number of urea groups is 1. The van der Waals surface area contributed by atoms with Crippen LogP contribution in [0.3, 0.4) is 0 Å². The van der Waals surface area contributed by atoms with E-state index in [2.05, 4.69) is 20.4 Å². The second-order valence-electron chi connectivity index (χ2n) is 7.07. The van der Waals surface area contributed by atoms with Gasteiger partial charge in [-0.3, -0.25) is 0 Å². The topological polar surface area (TPSA) is 84.7 Å². The molecule has 0 unspecified atom stereocenters. The van der Waals surface area contributed by atoms with Gasteiger partial charge in [0.25, 0.3) is 0 Å². The van der Waals surface area contributed by atoms with Gasteiger partial charge in [0.1, 0.15) is 0 Å². The molecule has 1 aromatic heterocycles. The number of nitrogens with one attached hydrogen (secondary N) is 2. The quantitative estimate of drug-likeness (QED) is 0.345. The van der Waals surface area contributed by atoms with Gasteiger partial charge in [-0.15, -0.1) is 0 Å². The van der Waals surface area contributed by atoms with E-state index in [1.54, 1.807) is 25.3 Å². The Morgan fingerprint density at radius 2 is 1.77 bits per heavy atom. The van der Waals surface area contributed by atoms with Crippen LogP contribution in [0, 0.1) is 20.8 Å². The second kappa shape index (κ2) is 9.75. The van der Waals surface area contributed by atoms with E-state index in [9.17, 15) is 9.59 Å². The lowest BCUT2D eigenvalue weighted by Gasteiger charge is -2.10. The van der Waals surface area contributed by atoms with E-state index in [0.717, 1.165) is 33.9 Å². The Labute approximate surface area is 181 Å². The lowest BCUT2D eigenvalue weighted by Crippen LogP contribution is -2.24. The van der Waals surface area contributed by atoms with E-state index in [0.29, 0.717) is 12.2 Å². The first-order chi connectivity index (χ1) is 14.9. The van der Waals surface area contributed by atoms with E-state index < -0.39 is 6.03 Å². The molecule has 0 atom stereocenters. The van der Waals surface area contributed by atoms with Crippen molar-refractivity contribution in [3.05, 3.63) is 82.7 Å². The number of aromatic nitrogens is 1. The number of anilines is 1. The summed E-state index contributed by atoms with van der Waals surface area (Å²) in [5.41, 5.74) is 8.49. The number of benzene rings is 2. The predicted molar refractivity (Wildman–Crippen MR) is 122 cm³/mol. The number of esters is 1. The molecule has 0 fully saturated rings. The van der Waals surface area contributed by atoms with Gasteiger partial charge >= 0.3 is 12.0 Å². The normalized spacial score (nSPS) is 10.8. The SMILES string of the molecule is CCOC(=O)c1ccc(-n2c(C)cc(C=NNC(=O)Nc3ccccc3C)c2C)cc1. The first kappa shape index (κ1) is 21.8. The molecule has 0 saturated carbocycles. The molecule has 0 spiro atoms. The summed E-state index contributed by atoms with van der Waals surface area (Å²) in [6.07, 6.45) is 1.61. The number of hydrazone groups is 1. The van der Waals surface area contributed by atoms with Crippen LogP contribution in [0.25, 0.3) is 5.69 Å². The Balaban J connectivity index is 1.70. The monoisotopic (exact) mass is 418 g/mol. The van der Waals surface area contributed by atoms with Crippen LogP contribution < -0.4 is 10.7 Å². The van der Waals surface area contributed by atoms with E-state index in [-0.39, 0.29) is 5.97 Å². The van der Waals surface area contributed by atoms with Crippen molar-refractivity contribution in [2.24, 2.45) is 5.10 Å². The van der Waals surface area contributed by atoms with Gasteiger partial charge in [-0.05, 0) is 69.7 Å². The maximum atomic E-state index is 12.1. The summed E-state index contributed by atoms with van der Waals surface area (Å²) in [6.45, 7) is 8.01. The van der Waals surface area contributed by atoms with E-state index in [4.69, 9.17) is 4.74 Å². The maximum Gasteiger partial charge on any atom is 0.339 e. The van der Waals surface area contributed by atoms with Crippen molar-refractivity contribution >= 4 is 23.9 Å². The maximum absolute atomic E-state index is 12.1. The Morgan fingerprint density at radius 3 is 2.45 bits per heavy atom. The minimum absolute atomic E-state index is 0.335. The fraction of sp³-hybridized carbons (Fsp3) is 0.208. The number of ether oxygens (including phenoxy) is 1. The zero-order valence-electron chi connectivity index (χ0n) is 18.1. The molecule has 0 aliphatic heterocycles. The first-order valence-electron chi connectivity index (χ1n) is 10.0. The third kappa shape index (κ3) is 5.19. The Kier molecular flexibility index (Phi) is 6.87. The Bertz CT molecular complexity index is 1110. The molecule has 0 bridgehead atoms. The van der Waals surface area contributed by atoms with E-state index in [1.165, 1.54) is 0 Å². The van der Waals surface area contributed by atoms with Crippen LogP contribution in [0.5, 0.6) is 0 Å². The molecule has 3 rings (SSSR count). The number of para-hydroxylation sites is 1. The average Bonchev–Trinajstić information content (AvgIpc) is 3.03. The van der Waals surface area contributed by atoms with E-state index in [1.807, 2.05) is 63.2 Å². The number of hydrogen-bond acceptors (Lipinski definition) is 4. The van der Waals surface area contributed by atoms with Crippen LogP contribution in [0.4, 0.5) is 10.5 Å². The summed E-state index contributed by atoms with van der Waals surface area (Å²) >= 11 is 0. The van der Waals surface area contributed by atoms with Gasteiger partial charge in [-0.2, -0.15) is 5.10 Å². The number of amides is 2. The van der Waals surface area contributed by atoms with Crippen molar-refractivity contribution < 1.29 is 14.3 Å². The molecule has 31 heavy (non-hydrogen) atoms. The van der Waals surface area contributed by atoms with Crippen molar-refractivity contribution in [2.45, 2.75) is 27.7 Å². The van der Waals surface area contributed by atoms with Crippen LogP contribution in [0.1, 0.15) is 39.8 Å². The van der Waals surface area contributed by atoms with Gasteiger partial charge in [0.2, 0.25) is 0 Å². The molecule has 2 amide bonds. The highest BCUT2D eigenvalue weighted by Gasteiger charge is 2.11. The number of nitrogens with zero attached hydrogens (tertiary/aromatic N) is 2. The number of carbonyl (C=O) groups excluding carboxylic acids is 2. The van der Waals surface area contributed by atoms with Crippen molar-refractivity contribution in [3.63, 3.8) is 0 Å². The Morgan fingerprint density at radius 1 is 1.06 bits per heavy atom. The highest BCUT2D eigenvalue weighted by atomic mass is 16.5. The Hall–Kier alpha value is -3.87. The van der Waals surface area contributed by atoms with E-state index >= 15 is 0 Å². The largest absolute Gasteiger partial charge is 0.462 e. The van der Waals surface area contributed by atoms with Gasteiger partial charge in [-0.25, -0.2) is 15.0 Å². The third-order valence-corrected chi connectivity index (χ3v) is 4.87. The molecule has 7 nitrogen and oxygen atoms in total. The molecule has 1 heterocycles. The standard InChI is InChI=1S/C24H26N4O3/c1-5-31-23(29)19-10-12-21(13-11-19)28-17(3)14-20(18(28)4)15-25-27-24(30)26-22-9-7-6-8-16(22)2/h6-15H,5H2,1-4H3,(H2,26,27,30). The average molecular weight is 418 g/mol. The minimum atomic E-state index is -0.408. The molecule has 0 aliphatic rings. The van der Waals surface area contributed by atoms with Crippen LogP contribution in [-0.2, 0) is 4.74 Å². The van der Waals surface area contributed by atoms with Crippen molar-refractivity contribution in [1.82, 2.24) is 9.99 Å². The molecule has 0 radical (unpaired) electrons. The zero-order chi connectivity index (χ0) is 22.4. The molecule has 0 aliphatic carbocycles. The summed E-state index contributed by atoms with van der Waals surface area (Å²) in [5.74, 6) is -0.335. The number of hydrogen-bond donors (Lipinski definition) is 2. The zero-order valence-corrected chi connectivity index (χ0v) is 18.1. The summed E-state index contributed by atoms with van der Waals surface area (Å²) in [7, 11) is 0. The molecule has 7 heteroatoms. The highest BCUT2D eigenvalue weighted by Crippen LogP contribution is 2.20. The van der Waals surface area contributed by atoms with Gasteiger partial charge in [0.15, 0.2) is 0 Å². The first-order valence-corrected chi connectivity index (χ1v) is 10.0. The van der Waals surface area contributed by atoms with Crippen LogP contribution in [0.2, 0.25) is 0 Å². The summed E-state index contributed by atoms with van der Waals surface area (Å²) in [4.78, 5) is 23.9. The predicted octanol–water partition coefficient (Wildman–Crippen LogP) is 4.73. The smallest absolute Gasteiger partial charge is 0.339 e. The molecular weight excluding hydrogens is 392 g/mol. The van der Waals surface area contributed by atoms with Gasteiger partial charge in [0, 0.05) is 28.3 Å². The van der Waals surface area contributed by atoms with Crippen molar-refractivity contribution in [2.75, 3.05) is 11.9 Å². The fourth-order valence-corrected chi connectivity index (χ4v) is 3.30. The van der Waals surface area contributed by atoms with Crippen LogP contribution in [-0.4, -0.2) is 29.4 Å². The molecular formula is C24H26N4O3. The number of aryl methyl sites for hydroxylation is 2. The van der Waals surface area contributed by atoms with Crippen molar-refractivity contribution in [1.29, 1.82) is 0 Å². The lowest BCUT2D eigenvalue weighted by atomic mass is 10.2. The van der Waals surface area contributed by atoms with Gasteiger partial charge in [-0.1, -0.05) is 18.2 Å². The van der Waals surface area contributed by atoms with Gasteiger partial charge in [0.05, 0.1) is 18.4 Å². The molecule has 0 saturated heterocycles. The van der Waals surface area contributed by atoms with Crippen molar-refractivity contribution in [3.8, 4) is 5.69 Å². The number of rotatable bonds is 6.